The maximum atomic E-state index is 12.2. The van der Waals surface area contributed by atoms with Gasteiger partial charge in [0.25, 0.3) is 0 Å². The van der Waals surface area contributed by atoms with Crippen molar-refractivity contribution < 1.29 is 19.1 Å². The van der Waals surface area contributed by atoms with Crippen molar-refractivity contribution in [2.75, 3.05) is 27.4 Å². The third-order valence-electron chi connectivity index (χ3n) is 7.67. The van der Waals surface area contributed by atoms with E-state index in [0.717, 1.165) is 58.2 Å². The van der Waals surface area contributed by atoms with E-state index in [4.69, 9.17) is 9.47 Å². The summed E-state index contributed by atoms with van der Waals surface area (Å²) in [4.78, 5) is 24.3. The van der Waals surface area contributed by atoms with E-state index >= 15 is 0 Å². The van der Waals surface area contributed by atoms with Crippen LogP contribution in [0, 0.1) is 29.6 Å². The molecule has 194 valence electrons. The molecule has 2 aliphatic rings. The van der Waals surface area contributed by atoms with Crippen LogP contribution < -0.4 is 0 Å². The molecule has 2 fully saturated rings. The molecule has 4 nitrogen and oxygen atoms in total. The summed E-state index contributed by atoms with van der Waals surface area (Å²) in [5.41, 5.74) is 0. The number of methoxy groups -OCH3 is 2. The highest BCUT2D eigenvalue weighted by Crippen LogP contribution is 2.35. The van der Waals surface area contributed by atoms with Gasteiger partial charge in [-0.2, -0.15) is 0 Å². The van der Waals surface area contributed by atoms with Gasteiger partial charge in [-0.15, -0.1) is 0 Å². The Bertz CT molecular complexity index is 516. The number of unbranched alkanes of at least 4 members (excludes halogenated alkanes) is 2. The summed E-state index contributed by atoms with van der Waals surface area (Å²) in [5.74, 6) is 3.37. The van der Waals surface area contributed by atoms with Crippen LogP contribution in [0.1, 0.15) is 117 Å². The van der Waals surface area contributed by atoms with Gasteiger partial charge in [0, 0.05) is 52.1 Å². The van der Waals surface area contributed by atoms with Gasteiger partial charge in [0.15, 0.2) is 0 Å². The number of carbonyl (C=O) groups excluding carboxylic acids is 2. The van der Waals surface area contributed by atoms with Crippen LogP contribution in [0.5, 0.6) is 0 Å². The zero-order valence-electron chi connectivity index (χ0n) is 22.5. The van der Waals surface area contributed by atoms with Crippen LogP contribution in [0.15, 0.2) is 0 Å². The maximum Gasteiger partial charge on any atom is 0.136 e. The lowest BCUT2D eigenvalue weighted by Gasteiger charge is -2.30. The van der Waals surface area contributed by atoms with Crippen molar-refractivity contribution in [1.29, 1.82) is 0 Å². The highest BCUT2D eigenvalue weighted by Gasteiger charge is 2.31. The van der Waals surface area contributed by atoms with Crippen molar-refractivity contribution in [2.45, 2.75) is 117 Å². The fourth-order valence-corrected chi connectivity index (χ4v) is 5.78. The molecule has 0 bridgehead atoms. The second kappa shape index (κ2) is 18.6. The Hall–Kier alpha value is -0.740. The molecule has 2 rings (SSSR count). The molecule has 2 aliphatic carbocycles. The van der Waals surface area contributed by atoms with E-state index in [2.05, 4.69) is 20.8 Å². The number of rotatable bonds is 14. The molecule has 0 aliphatic heterocycles. The number of hydrogen-bond donors (Lipinski definition) is 0. The summed E-state index contributed by atoms with van der Waals surface area (Å²) in [6, 6.07) is 0. The van der Waals surface area contributed by atoms with Crippen molar-refractivity contribution in [2.24, 2.45) is 29.6 Å². The summed E-state index contributed by atoms with van der Waals surface area (Å²) >= 11 is 0. The normalized spacial score (nSPS) is 25.4. The monoisotopic (exact) mass is 466 g/mol. The fourth-order valence-electron chi connectivity index (χ4n) is 5.78. The lowest BCUT2D eigenvalue weighted by molar-refractivity contribution is -0.127. The molecule has 0 heterocycles. The van der Waals surface area contributed by atoms with Gasteiger partial charge in [0.05, 0.1) is 0 Å². The van der Waals surface area contributed by atoms with Crippen molar-refractivity contribution in [3.63, 3.8) is 0 Å². The van der Waals surface area contributed by atoms with Crippen molar-refractivity contribution in [3.05, 3.63) is 0 Å². The average Bonchev–Trinajstić information content (AvgIpc) is 2.82. The molecule has 0 amide bonds. The lowest BCUT2D eigenvalue weighted by atomic mass is 9.74. The maximum absolute atomic E-state index is 12.2. The minimum absolute atomic E-state index is 0.325. The molecule has 0 aromatic heterocycles. The standard InChI is InChI=1S/C15H28O2.C14H26O2/c1-3-4-5-10-15(16)14-9-7-6-8-13(14)11-12-17-2;1-11(2)10-14(15)13-7-5-4-6-12(13)8-9-16-3/h13-14H,3-12H2,1-2H3;11-13H,4-10H2,1-3H3. The average molecular weight is 467 g/mol. The van der Waals surface area contributed by atoms with Crippen LogP contribution in [-0.2, 0) is 19.1 Å². The van der Waals surface area contributed by atoms with Gasteiger partial charge >= 0.3 is 0 Å². The van der Waals surface area contributed by atoms with E-state index in [-0.39, 0.29) is 0 Å². The number of ether oxygens (including phenoxy) is 2. The van der Waals surface area contributed by atoms with E-state index in [0.29, 0.717) is 41.2 Å². The fraction of sp³-hybridized carbons (Fsp3) is 0.931. The van der Waals surface area contributed by atoms with Crippen LogP contribution in [0.3, 0.4) is 0 Å². The minimum atomic E-state index is 0.325. The first-order valence-electron chi connectivity index (χ1n) is 14.0. The van der Waals surface area contributed by atoms with E-state index in [1.807, 2.05) is 0 Å². The summed E-state index contributed by atoms with van der Waals surface area (Å²) in [6.07, 6.45) is 16.9. The third kappa shape index (κ3) is 12.5. The Morgan fingerprint density at radius 1 is 0.758 bits per heavy atom. The van der Waals surface area contributed by atoms with E-state index < -0.39 is 0 Å². The molecule has 0 N–H and O–H groups in total. The summed E-state index contributed by atoms with van der Waals surface area (Å²) in [7, 11) is 3.49. The number of Topliss-reactive ketones (excluding diaryl/α,β-unsaturated/α-hetero) is 2. The molecular weight excluding hydrogens is 412 g/mol. The molecule has 4 unspecified atom stereocenters. The molecule has 0 radical (unpaired) electrons. The predicted molar refractivity (Wildman–Crippen MR) is 137 cm³/mol. The quantitative estimate of drug-likeness (QED) is 0.250. The van der Waals surface area contributed by atoms with Crippen LogP contribution >= 0.6 is 0 Å². The van der Waals surface area contributed by atoms with Gasteiger partial charge < -0.3 is 9.47 Å². The van der Waals surface area contributed by atoms with Crippen molar-refractivity contribution >= 4 is 11.6 Å². The highest BCUT2D eigenvalue weighted by atomic mass is 16.5. The van der Waals surface area contributed by atoms with Gasteiger partial charge in [-0.05, 0) is 62.7 Å². The Labute approximate surface area is 205 Å². The molecule has 4 atom stereocenters. The third-order valence-corrected chi connectivity index (χ3v) is 7.67. The smallest absolute Gasteiger partial charge is 0.136 e. The molecule has 33 heavy (non-hydrogen) atoms. The van der Waals surface area contributed by atoms with Gasteiger partial charge in [0.1, 0.15) is 11.6 Å². The largest absolute Gasteiger partial charge is 0.385 e. The Balaban J connectivity index is 0.000000331. The Kier molecular flexibility index (Phi) is 17.0. The Morgan fingerprint density at radius 2 is 1.24 bits per heavy atom. The molecule has 0 saturated heterocycles. The molecule has 2 saturated carbocycles. The first-order chi connectivity index (χ1) is 15.9. The van der Waals surface area contributed by atoms with Crippen LogP contribution in [0.25, 0.3) is 0 Å². The minimum Gasteiger partial charge on any atom is -0.385 e. The predicted octanol–water partition coefficient (Wildman–Crippen LogP) is 7.42. The van der Waals surface area contributed by atoms with Gasteiger partial charge in [-0.1, -0.05) is 59.3 Å². The first kappa shape index (κ1) is 30.3. The molecular formula is C29H54O4. The second-order valence-electron chi connectivity index (χ2n) is 10.9. The zero-order chi connectivity index (χ0) is 24.5. The first-order valence-corrected chi connectivity index (χ1v) is 14.0. The van der Waals surface area contributed by atoms with E-state index in [9.17, 15) is 9.59 Å². The van der Waals surface area contributed by atoms with Crippen molar-refractivity contribution in [1.82, 2.24) is 0 Å². The molecule has 0 aromatic rings. The SMILES string of the molecule is CCCCCC(=O)C1CCCCC1CCOC.COCCC1CCCCC1C(=O)CC(C)C. The van der Waals surface area contributed by atoms with Gasteiger partial charge in [-0.3, -0.25) is 9.59 Å². The number of carbonyl (C=O) groups is 2. The number of hydrogen-bond acceptors (Lipinski definition) is 4. The van der Waals surface area contributed by atoms with E-state index in [1.54, 1.807) is 14.2 Å². The molecule has 0 aromatic carbocycles. The van der Waals surface area contributed by atoms with Crippen LogP contribution in [0.4, 0.5) is 0 Å². The highest BCUT2D eigenvalue weighted by molar-refractivity contribution is 5.81. The van der Waals surface area contributed by atoms with Gasteiger partial charge in [-0.25, -0.2) is 0 Å². The zero-order valence-corrected chi connectivity index (χ0v) is 22.5. The van der Waals surface area contributed by atoms with Gasteiger partial charge in [0.2, 0.25) is 0 Å². The van der Waals surface area contributed by atoms with Crippen LogP contribution in [0.2, 0.25) is 0 Å². The summed E-state index contributed by atoms with van der Waals surface area (Å²) in [5, 5.41) is 0. The summed E-state index contributed by atoms with van der Waals surface area (Å²) in [6.45, 7) is 8.06. The van der Waals surface area contributed by atoms with Crippen molar-refractivity contribution in [3.8, 4) is 0 Å². The van der Waals surface area contributed by atoms with Crippen LogP contribution in [-0.4, -0.2) is 39.0 Å². The number of ketones is 2. The summed E-state index contributed by atoms with van der Waals surface area (Å²) < 4.78 is 10.3. The molecule has 0 spiro atoms. The second-order valence-corrected chi connectivity index (χ2v) is 10.9. The Morgan fingerprint density at radius 3 is 1.70 bits per heavy atom. The molecule has 4 heteroatoms. The topological polar surface area (TPSA) is 52.6 Å². The van der Waals surface area contributed by atoms with E-state index in [1.165, 1.54) is 51.4 Å². The lowest BCUT2D eigenvalue weighted by Crippen LogP contribution is -2.28.